The molecule has 5 aliphatic carbocycles. The van der Waals surface area contributed by atoms with Gasteiger partial charge in [0.1, 0.15) is 6.10 Å². The predicted octanol–water partition coefficient (Wildman–Crippen LogP) is 7.73. The first-order chi connectivity index (χ1) is 26.4. The third-order valence-electron chi connectivity index (χ3n) is 16.8. The van der Waals surface area contributed by atoms with Crippen LogP contribution in [0, 0.1) is 56.2 Å². The van der Waals surface area contributed by atoms with E-state index in [1.165, 1.54) is 5.57 Å². The fraction of sp³-hybridized carbons (Fsp3) is 0.766. The number of Topliss-reactive ketones (excluding diaryl/α,β-unsaturated/α-hetero) is 1. The molecule has 0 aromatic carbocycles. The Labute approximate surface area is 341 Å². The summed E-state index contributed by atoms with van der Waals surface area (Å²) in [6.45, 7) is 20.1. The van der Waals surface area contributed by atoms with Gasteiger partial charge in [-0.3, -0.25) is 24.2 Å². The number of carbonyl (C=O) groups is 4. The molecule has 0 radical (unpaired) electrons. The number of allylic oxidation sites excluding steroid dienone is 1. The normalized spacial score (nSPS) is 35.2. The highest BCUT2D eigenvalue weighted by Gasteiger charge is 2.71. The molecule has 0 unspecified atom stereocenters. The van der Waals surface area contributed by atoms with Crippen LogP contribution < -0.4 is 0 Å². The average Bonchev–Trinajstić information content (AvgIpc) is 3.42. The number of aromatic nitrogens is 1. The third kappa shape index (κ3) is 7.20. The van der Waals surface area contributed by atoms with Crippen LogP contribution in [-0.4, -0.2) is 88.0 Å². The van der Waals surface area contributed by atoms with Gasteiger partial charge in [-0.05, 0) is 136 Å². The number of hydrogen-bond acceptors (Lipinski definition) is 8. The monoisotopic (exact) mass is 790 g/mol. The van der Waals surface area contributed by atoms with Crippen molar-refractivity contribution in [1.29, 1.82) is 0 Å². The Morgan fingerprint density at radius 1 is 0.965 bits per heavy atom. The van der Waals surface area contributed by atoms with Gasteiger partial charge in [0.15, 0.2) is 5.78 Å². The maximum absolute atomic E-state index is 14.3. The van der Waals surface area contributed by atoms with E-state index in [-0.39, 0.29) is 70.8 Å². The fourth-order valence-corrected chi connectivity index (χ4v) is 13.6. The summed E-state index contributed by atoms with van der Waals surface area (Å²) in [5.74, 6) is -0.398. The molecule has 0 spiro atoms. The fourth-order valence-electron chi connectivity index (χ4n) is 13.6. The van der Waals surface area contributed by atoms with Crippen LogP contribution in [0.5, 0.6) is 0 Å². The number of aliphatic hydroxyl groups excluding tert-OH is 1. The number of fused-ring (bicyclic) bond motifs is 7. The molecule has 0 bridgehead atoms. The van der Waals surface area contributed by atoms with E-state index in [4.69, 9.17) is 4.74 Å². The molecule has 4 fully saturated rings. The average molecular weight is 790 g/mol. The van der Waals surface area contributed by atoms with Crippen molar-refractivity contribution >= 4 is 23.6 Å². The molecule has 10 heteroatoms. The Hall–Kier alpha value is -3.11. The zero-order valence-electron chi connectivity index (χ0n) is 36.7. The number of ketones is 1. The van der Waals surface area contributed by atoms with Crippen molar-refractivity contribution < 1.29 is 34.1 Å². The Morgan fingerprint density at radius 2 is 1.67 bits per heavy atom. The minimum Gasteiger partial charge on any atom is -0.481 e. The Balaban J connectivity index is 1.30. The minimum absolute atomic E-state index is 0.0157. The van der Waals surface area contributed by atoms with Gasteiger partial charge >= 0.3 is 11.9 Å². The van der Waals surface area contributed by atoms with Crippen molar-refractivity contribution in [1.82, 2.24) is 14.8 Å². The van der Waals surface area contributed by atoms with Crippen LogP contribution in [0.25, 0.3) is 0 Å². The SMILES string of the molecule is CC(C)C1=C2[C@H]3CC[C@@H]4[C@@]5(C)CC[C@H](OC(=O)CC(C)(C)C(=O)O)C(C)(C)[C@@H]5CC[C@@]4(C)[C@]3(C)CC[C@@]2([C@@H](O)CN(Cc2cccnc2)C(=O)CN(C)C)CC1=O. The highest BCUT2D eigenvalue weighted by Crippen LogP contribution is 2.77. The zero-order valence-corrected chi connectivity index (χ0v) is 36.7. The number of carboxylic acid groups (broad SMARTS) is 1. The molecule has 2 N–H and O–H groups in total. The van der Waals surface area contributed by atoms with Crippen molar-refractivity contribution in [2.75, 3.05) is 27.2 Å². The highest BCUT2D eigenvalue weighted by molar-refractivity contribution is 6.00. The van der Waals surface area contributed by atoms with Crippen molar-refractivity contribution in [2.45, 2.75) is 145 Å². The van der Waals surface area contributed by atoms with Crippen LogP contribution in [0.1, 0.15) is 132 Å². The molecule has 10 nitrogen and oxygen atoms in total. The standard InChI is InChI=1S/C47H71N3O7/c1-29(2)39-32(51)23-47(35(52)27-50(37(53)28-49(10)11)26-30-13-12-22-48-25-30)21-20-45(8)31(40(39)47)14-15-34-44(7)18-17-36(57-38(54)24-42(3,4)41(55)56)43(5,6)33(44)16-19-46(34,45)9/h12-13,22,25,29,31,33-36,52H,14-21,23-24,26-28H2,1-11H3,(H,55,56)/t31-,33+,34-,35+,36+,44+,45-,46-,47+/m1/s1. The number of carboxylic acids is 1. The summed E-state index contributed by atoms with van der Waals surface area (Å²) in [5, 5.41) is 22.3. The molecule has 1 aromatic rings. The van der Waals surface area contributed by atoms with E-state index in [0.29, 0.717) is 31.2 Å². The summed E-state index contributed by atoms with van der Waals surface area (Å²) in [4.78, 5) is 60.9. The lowest BCUT2D eigenvalue weighted by Crippen LogP contribution is -2.66. The number of hydrogen-bond donors (Lipinski definition) is 2. The highest BCUT2D eigenvalue weighted by atomic mass is 16.5. The summed E-state index contributed by atoms with van der Waals surface area (Å²) in [7, 11) is 3.75. The number of amides is 1. The summed E-state index contributed by atoms with van der Waals surface area (Å²) in [6, 6.07) is 3.82. The van der Waals surface area contributed by atoms with E-state index in [9.17, 15) is 29.4 Å². The molecular weight excluding hydrogens is 719 g/mol. The lowest BCUT2D eigenvalue weighted by molar-refractivity contribution is -0.235. The lowest BCUT2D eigenvalue weighted by Gasteiger charge is -2.72. The van der Waals surface area contributed by atoms with Gasteiger partial charge in [-0.15, -0.1) is 0 Å². The van der Waals surface area contributed by atoms with Gasteiger partial charge in [0.05, 0.1) is 24.5 Å². The Bertz CT molecular complexity index is 1770. The van der Waals surface area contributed by atoms with Gasteiger partial charge in [-0.1, -0.05) is 60.1 Å². The molecule has 9 atom stereocenters. The molecule has 1 aromatic heterocycles. The van der Waals surface area contributed by atoms with E-state index in [2.05, 4.69) is 53.5 Å². The van der Waals surface area contributed by atoms with Gasteiger partial charge in [-0.25, -0.2) is 0 Å². The number of esters is 1. The second-order valence-corrected chi connectivity index (χ2v) is 21.4. The number of carbonyl (C=O) groups excluding carboxylic acids is 3. The summed E-state index contributed by atoms with van der Waals surface area (Å²) < 4.78 is 6.18. The first-order valence-corrected chi connectivity index (χ1v) is 21.6. The molecule has 4 saturated carbocycles. The number of nitrogens with zero attached hydrogens (tertiary/aromatic N) is 3. The van der Waals surface area contributed by atoms with E-state index in [1.54, 1.807) is 31.1 Å². The summed E-state index contributed by atoms with van der Waals surface area (Å²) >= 11 is 0. The van der Waals surface area contributed by atoms with Crippen molar-refractivity contribution in [3.63, 3.8) is 0 Å². The van der Waals surface area contributed by atoms with Crippen LogP contribution >= 0.6 is 0 Å². The van der Waals surface area contributed by atoms with Crippen LogP contribution in [0.15, 0.2) is 35.7 Å². The van der Waals surface area contributed by atoms with Crippen molar-refractivity contribution in [3.8, 4) is 0 Å². The maximum Gasteiger partial charge on any atom is 0.309 e. The second kappa shape index (κ2) is 15.2. The van der Waals surface area contributed by atoms with E-state index < -0.39 is 28.9 Å². The first-order valence-electron chi connectivity index (χ1n) is 21.6. The Morgan fingerprint density at radius 3 is 2.28 bits per heavy atom. The van der Waals surface area contributed by atoms with Gasteiger partial charge in [-0.2, -0.15) is 0 Å². The number of likely N-dealkylation sites (N-methyl/N-ethyl adjacent to an activating group) is 1. The number of pyridine rings is 1. The molecule has 6 rings (SSSR count). The van der Waals surface area contributed by atoms with Crippen LogP contribution in [0.4, 0.5) is 0 Å². The summed E-state index contributed by atoms with van der Waals surface area (Å²) in [6.07, 6.45) is 9.80. The number of aliphatic hydroxyl groups is 1. The minimum atomic E-state index is -1.18. The van der Waals surface area contributed by atoms with Gasteiger partial charge in [0.25, 0.3) is 0 Å². The zero-order chi connectivity index (χ0) is 42.1. The molecule has 1 amide bonds. The van der Waals surface area contributed by atoms with Crippen LogP contribution in [0.3, 0.4) is 0 Å². The number of ether oxygens (including phenoxy) is 1. The second-order valence-electron chi connectivity index (χ2n) is 21.4. The lowest BCUT2D eigenvalue weighted by atomic mass is 9.33. The molecule has 5 aliphatic rings. The molecule has 0 aliphatic heterocycles. The van der Waals surface area contributed by atoms with E-state index in [0.717, 1.165) is 56.1 Å². The Kier molecular flexibility index (Phi) is 11.6. The number of aliphatic carboxylic acids is 1. The van der Waals surface area contributed by atoms with Crippen LogP contribution in [0.2, 0.25) is 0 Å². The predicted molar refractivity (Wildman–Crippen MR) is 220 cm³/mol. The van der Waals surface area contributed by atoms with Crippen molar-refractivity contribution in [3.05, 3.63) is 41.2 Å². The molecule has 1 heterocycles. The van der Waals surface area contributed by atoms with Gasteiger partial charge in [0, 0.05) is 42.7 Å². The summed E-state index contributed by atoms with van der Waals surface area (Å²) in [5.41, 5.74) is 0.737. The van der Waals surface area contributed by atoms with Crippen LogP contribution in [-0.2, 0) is 30.5 Å². The third-order valence-corrected chi connectivity index (χ3v) is 16.8. The molecular formula is C47H71N3O7. The largest absolute Gasteiger partial charge is 0.481 e. The van der Waals surface area contributed by atoms with E-state index >= 15 is 0 Å². The smallest absolute Gasteiger partial charge is 0.309 e. The molecule has 0 saturated heterocycles. The van der Waals surface area contributed by atoms with Crippen molar-refractivity contribution in [2.24, 2.45) is 56.2 Å². The number of rotatable bonds is 12. The van der Waals surface area contributed by atoms with Gasteiger partial charge < -0.3 is 24.7 Å². The maximum atomic E-state index is 14.3. The quantitative estimate of drug-likeness (QED) is 0.204. The first kappa shape index (κ1) is 43.5. The topological polar surface area (TPSA) is 137 Å². The van der Waals surface area contributed by atoms with Gasteiger partial charge in [0.2, 0.25) is 5.91 Å². The van der Waals surface area contributed by atoms with E-state index in [1.807, 2.05) is 31.1 Å². The molecule has 316 valence electrons. The molecule has 57 heavy (non-hydrogen) atoms.